The molecule has 0 spiro atoms. The molecule has 2 fully saturated rings. The van der Waals surface area contributed by atoms with Crippen molar-refractivity contribution in [3.63, 3.8) is 0 Å². The molecule has 3 unspecified atom stereocenters. The number of aliphatic hydroxyl groups is 1. The molecule has 1 saturated carbocycles. The van der Waals surface area contributed by atoms with Gasteiger partial charge in [-0.3, -0.25) is 4.90 Å². The van der Waals surface area contributed by atoms with Gasteiger partial charge in [0.15, 0.2) is 0 Å². The molecule has 3 nitrogen and oxygen atoms in total. The van der Waals surface area contributed by atoms with E-state index in [0.29, 0.717) is 18.1 Å². The second-order valence-electron chi connectivity index (χ2n) is 5.59. The van der Waals surface area contributed by atoms with E-state index in [1.807, 2.05) is 0 Å². The molecule has 2 aliphatic rings. The number of morpholine rings is 1. The number of hydrogen-bond acceptors (Lipinski definition) is 3. The summed E-state index contributed by atoms with van der Waals surface area (Å²) < 4.78 is 5.70. The van der Waals surface area contributed by atoms with E-state index in [9.17, 15) is 5.11 Å². The Labute approximate surface area is 98.8 Å². The van der Waals surface area contributed by atoms with E-state index in [4.69, 9.17) is 4.74 Å². The highest BCUT2D eigenvalue weighted by atomic mass is 16.5. The maximum absolute atomic E-state index is 10.2. The molecule has 1 aliphatic heterocycles. The van der Waals surface area contributed by atoms with E-state index in [-0.39, 0.29) is 6.10 Å². The summed E-state index contributed by atoms with van der Waals surface area (Å²) in [6.07, 6.45) is 5.53. The van der Waals surface area contributed by atoms with Crippen LogP contribution in [0.5, 0.6) is 0 Å². The third-order valence-corrected chi connectivity index (χ3v) is 3.88. The summed E-state index contributed by atoms with van der Waals surface area (Å²) in [5.74, 6) is 0.549. The zero-order valence-electron chi connectivity index (χ0n) is 10.6. The van der Waals surface area contributed by atoms with Crippen molar-refractivity contribution >= 4 is 0 Å². The van der Waals surface area contributed by atoms with E-state index >= 15 is 0 Å². The largest absolute Gasteiger partial charge is 0.392 e. The molecule has 0 aromatic heterocycles. The first-order valence-electron chi connectivity index (χ1n) is 6.71. The summed E-state index contributed by atoms with van der Waals surface area (Å²) in [4.78, 5) is 2.36. The van der Waals surface area contributed by atoms with Crippen LogP contribution in [0.2, 0.25) is 0 Å². The lowest BCUT2D eigenvalue weighted by atomic mass is 10.00. The average molecular weight is 227 g/mol. The van der Waals surface area contributed by atoms with Crippen molar-refractivity contribution in [3.8, 4) is 0 Å². The fraction of sp³-hybridized carbons (Fsp3) is 1.00. The summed E-state index contributed by atoms with van der Waals surface area (Å²) >= 11 is 0. The summed E-state index contributed by atoms with van der Waals surface area (Å²) in [5, 5.41) is 10.2. The first-order chi connectivity index (χ1) is 7.65. The highest BCUT2D eigenvalue weighted by molar-refractivity contribution is 4.80. The summed E-state index contributed by atoms with van der Waals surface area (Å²) in [6.45, 7) is 7.00. The standard InChI is InChI=1S/C13H25NO2/c1-10-7-14(8-11(2)16-10)9-13(15)12-5-3-4-6-12/h10-13,15H,3-9H2,1-2H3. The Morgan fingerprint density at radius 2 is 1.75 bits per heavy atom. The molecule has 1 N–H and O–H groups in total. The molecule has 1 saturated heterocycles. The number of β-amino-alcohol motifs (C(OH)–C–C–N with tert-alkyl or cyclic N) is 1. The van der Waals surface area contributed by atoms with Crippen LogP contribution >= 0.6 is 0 Å². The molecular formula is C13H25NO2. The average Bonchev–Trinajstić information content (AvgIpc) is 2.68. The number of ether oxygens (including phenoxy) is 1. The molecule has 0 aromatic carbocycles. The van der Waals surface area contributed by atoms with E-state index in [1.54, 1.807) is 0 Å². The first-order valence-corrected chi connectivity index (χ1v) is 6.71. The number of aliphatic hydroxyl groups excluding tert-OH is 1. The molecule has 0 radical (unpaired) electrons. The summed E-state index contributed by atoms with van der Waals surface area (Å²) in [5.41, 5.74) is 0. The maximum atomic E-state index is 10.2. The highest BCUT2D eigenvalue weighted by Gasteiger charge is 2.28. The lowest BCUT2D eigenvalue weighted by molar-refractivity contribution is -0.0801. The number of nitrogens with zero attached hydrogens (tertiary/aromatic N) is 1. The third-order valence-electron chi connectivity index (χ3n) is 3.88. The van der Waals surface area contributed by atoms with Crippen LogP contribution < -0.4 is 0 Å². The van der Waals surface area contributed by atoms with Gasteiger partial charge in [-0.2, -0.15) is 0 Å². The van der Waals surface area contributed by atoms with Crippen molar-refractivity contribution in [1.82, 2.24) is 4.90 Å². The van der Waals surface area contributed by atoms with Crippen molar-refractivity contribution in [3.05, 3.63) is 0 Å². The molecule has 2 rings (SSSR count). The van der Waals surface area contributed by atoms with Crippen LogP contribution in [-0.4, -0.2) is 48.0 Å². The minimum atomic E-state index is -0.125. The molecule has 0 aromatic rings. The zero-order chi connectivity index (χ0) is 11.5. The van der Waals surface area contributed by atoms with E-state index in [0.717, 1.165) is 19.6 Å². The van der Waals surface area contributed by atoms with Gasteiger partial charge < -0.3 is 9.84 Å². The van der Waals surface area contributed by atoms with Gasteiger partial charge in [0.1, 0.15) is 0 Å². The van der Waals surface area contributed by atoms with Gasteiger partial charge in [0.2, 0.25) is 0 Å². The lowest BCUT2D eigenvalue weighted by Gasteiger charge is -2.37. The Kier molecular flexibility index (Phi) is 4.22. The fourth-order valence-corrected chi connectivity index (χ4v) is 3.19. The monoisotopic (exact) mass is 227 g/mol. The molecule has 0 bridgehead atoms. The SMILES string of the molecule is CC1CN(CC(O)C2CCCC2)CC(C)O1. The van der Waals surface area contributed by atoms with Gasteiger partial charge in [-0.15, -0.1) is 0 Å². The summed E-state index contributed by atoms with van der Waals surface area (Å²) in [6, 6.07) is 0. The predicted molar refractivity (Wildman–Crippen MR) is 64.4 cm³/mol. The van der Waals surface area contributed by atoms with Crippen LogP contribution in [0.15, 0.2) is 0 Å². The van der Waals surface area contributed by atoms with Crippen LogP contribution in [0.25, 0.3) is 0 Å². The molecule has 0 amide bonds. The third kappa shape index (κ3) is 3.19. The Balaban J connectivity index is 1.79. The minimum absolute atomic E-state index is 0.125. The van der Waals surface area contributed by atoms with Gasteiger partial charge in [0, 0.05) is 19.6 Å². The zero-order valence-corrected chi connectivity index (χ0v) is 10.6. The van der Waals surface area contributed by atoms with Crippen LogP contribution in [0.3, 0.4) is 0 Å². The quantitative estimate of drug-likeness (QED) is 0.795. The van der Waals surface area contributed by atoms with Crippen LogP contribution in [0, 0.1) is 5.92 Å². The van der Waals surface area contributed by atoms with Crippen molar-refractivity contribution in [2.45, 2.75) is 57.8 Å². The second-order valence-corrected chi connectivity index (χ2v) is 5.59. The van der Waals surface area contributed by atoms with Gasteiger partial charge in [0.05, 0.1) is 18.3 Å². The second kappa shape index (κ2) is 5.48. The maximum Gasteiger partial charge on any atom is 0.0695 e. The normalized spacial score (nSPS) is 35.4. The smallest absolute Gasteiger partial charge is 0.0695 e. The van der Waals surface area contributed by atoms with Gasteiger partial charge in [0.25, 0.3) is 0 Å². The van der Waals surface area contributed by atoms with Gasteiger partial charge in [-0.1, -0.05) is 12.8 Å². The van der Waals surface area contributed by atoms with Crippen molar-refractivity contribution in [2.24, 2.45) is 5.92 Å². The van der Waals surface area contributed by atoms with E-state index < -0.39 is 0 Å². The molecular weight excluding hydrogens is 202 g/mol. The first kappa shape index (κ1) is 12.3. The van der Waals surface area contributed by atoms with Crippen molar-refractivity contribution in [1.29, 1.82) is 0 Å². The van der Waals surface area contributed by atoms with Gasteiger partial charge >= 0.3 is 0 Å². The van der Waals surface area contributed by atoms with E-state index in [1.165, 1.54) is 25.7 Å². The lowest BCUT2D eigenvalue weighted by Crippen LogP contribution is -2.48. The summed E-state index contributed by atoms with van der Waals surface area (Å²) in [7, 11) is 0. The Morgan fingerprint density at radius 3 is 2.31 bits per heavy atom. The van der Waals surface area contributed by atoms with E-state index in [2.05, 4.69) is 18.7 Å². The fourth-order valence-electron chi connectivity index (χ4n) is 3.19. The predicted octanol–water partition coefficient (Wildman–Crippen LogP) is 1.65. The van der Waals surface area contributed by atoms with Crippen LogP contribution in [0.4, 0.5) is 0 Å². The van der Waals surface area contributed by atoms with Gasteiger partial charge in [-0.25, -0.2) is 0 Å². The van der Waals surface area contributed by atoms with Crippen LogP contribution in [-0.2, 0) is 4.74 Å². The molecule has 94 valence electrons. The van der Waals surface area contributed by atoms with Crippen molar-refractivity contribution in [2.75, 3.05) is 19.6 Å². The minimum Gasteiger partial charge on any atom is -0.392 e. The number of hydrogen-bond donors (Lipinski definition) is 1. The topological polar surface area (TPSA) is 32.7 Å². The molecule has 3 atom stereocenters. The Bertz CT molecular complexity index is 206. The number of rotatable bonds is 3. The van der Waals surface area contributed by atoms with Crippen LogP contribution in [0.1, 0.15) is 39.5 Å². The highest BCUT2D eigenvalue weighted by Crippen LogP contribution is 2.28. The Morgan fingerprint density at radius 1 is 1.19 bits per heavy atom. The molecule has 1 aliphatic carbocycles. The molecule has 3 heteroatoms. The Hall–Kier alpha value is -0.120. The van der Waals surface area contributed by atoms with Crippen molar-refractivity contribution < 1.29 is 9.84 Å². The van der Waals surface area contributed by atoms with Gasteiger partial charge in [-0.05, 0) is 32.6 Å². The molecule has 1 heterocycles. The molecule has 16 heavy (non-hydrogen) atoms.